The number of carboxylic acids is 1. The molecular formula is C31H34N2O3. The number of aromatic hydroxyl groups is 1. The summed E-state index contributed by atoms with van der Waals surface area (Å²) in [6.07, 6.45) is 4.22. The van der Waals surface area contributed by atoms with E-state index in [0.29, 0.717) is 17.1 Å². The summed E-state index contributed by atoms with van der Waals surface area (Å²) in [5.41, 5.74) is 6.92. The molecule has 186 valence electrons. The zero-order chi connectivity index (χ0) is 24.7. The van der Waals surface area contributed by atoms with Crippen LogP contribution in [0.4, 0.5) is 5.69 Å². The molecule has 5 nitrogen and oxygen atoms in total. The Morgan fingerprint density at radius 2 is 1.64 bits per heavy atom. The number of anilines is 1. The van der Waals surface area contributed by atoms with Gasteiger partial charge in [0, 0.05) is 30.1 Å². The molecule has 2 aliphatic heterocycles. The van der Waals surface area contributed by atoms with Crippen LogP contribution in [0.1, 0.15) is 53.4 Å². The van der Waals surface area contributed by atoms with E-state index in [0.717, 1.165) is 51.9 Å². The number of aryl methyl sites for hydroxylation is 1. The molecule has 1 aliphatic carbocycles. The number of nitrogens with zero attached hydrogens (tertiary/aromatic N) is 2. The van der Waals surface area contributed by atoms with E-state index in [2.05, 4.69) is 70.5 Å². The van der Waals surface area contributed by atoms with Crippen LogP contribution in [0.15, 0.2) is 72.8 Å². The van der Waals surface area contributed by atoms with Crippen molar-refractivity contribution in [2.45, 2.75) is 37.5 Å². The highest BCUT2D eigenvalue weighted by atomic mass is 16.4. The predicted molar refractivity (Wildman–Crippen MR) is 142 cm³/mol. The van der Waals surface area contributed by atoms with Crippen molar-refractivity contribution < 1.29 is 15.0 Å². The average molecular weight is 483 g/mol. The molecule has 3 aromatic rings. The molecule has 2 N–H and O–H groups in total. The van der Waals surface area contributed by atoms with Gasteiger partial charge in [0.15, 0.2) is 0 Å². The van der Waals surface area contributed by atoms with Crippen molar-refractivity contribution in [2.75, 3.05) is 37.6 Å². The zero-order valence-electron chi connectivity index (χ0n) is 20.6. The number of phenols is 1. The van der Waals surface area contributed by atoms with Crippen molar-refractivity contribution >= 4 is 11.7 Å². The molecule has 2 atom stereocenters. The number of piperidine rings is 1. The van der Waals surface area contributed by atoms with E-state index in [9.17, 15) is 9.90 Å². The topological polar surface area (TPSA) is 64.0 Å². The van der Waals surface area contributed by atoms with Gasteiger partial charge in [-0.3, -0.25) is 9.69 Å². The minimum absolute atomic E-state index is 0.162. The number of carbonyl (C=O) groups is 1. The number of likely N-dealkylation sites (tertiary alicyclic amines) is 1. The molecule has 0 unspecified atom stereocenters. The summed E-state index contributed by atoms with van der Waals surface area (Å²) in [4.78, 5) is 15.6. The lowest BCUT2D eigenvalue weighted by Crippen LogP contribution is -2.60. The molecule has 5 heteroatoms. The second-order valence-corrected chi connectivity index (χ2v) is 11.0. The Morgan fingerprint density at radius 3 is 2.33 bits per heavy atom. The first kappa shape index (κ1) is 23.1. The predicted octanol–water partition coefficient (Wildman–Crippen LogP) is 5.24. The highest BCUT2D eigenvalue weighted by Crippen LogP contribution is 2.48. The van der Waals surface area contributed by atoms with Gasteiger partial charge in [0.25, 0.3) is 0 Å². The highest BCUT2D eigenvalue weighted by Gasteiger charge is 2.45. The van der Waals surface area contributed by atoms with Gasteiger partial charge in [-0.25, -0.2) is 0 Å². The van der Waals surface area contributed by atoms with E-state index in [1.165, 1.54) is 27.9 Å². The summed E-state index contributed by atoms with van der Waals surface area (Å²) in [6, 6.07) is 25.9. The van der Waals surface area contributed by atoms with Gasteiger partial charge in [-0.1, -0.05) is 48.5 Å². The maximum atomic E-state index is 11.0. The number of aliphatic carboxylic acids is 1. The van der Waals surface area contributed by atoms with Crippen molar-refractivity contribution in [1.82, 2.24) is 4.90 Å². The molecule has 2 heterocycles. The Kier molecular flexibility index (Phi) is 5.96. The third-order valence-corrected chi connectivity index (χ3v) is 8.76. The van der Waals surface area contributed by atoms with Crippen molar-refractivity contribution in [2.24, 2.45) is 5.41 Å². The molecular weight excluding hydrogens is 448 g/mol. The highest BCUT2D eigenvalue weighted by molar-refractivity contribution is 5.69. The largest absolute Gasteiger partial charge is 0.508 e. The molecule has 0 bridgehead atoms. The first-order valence-corrected chi connectivity index (χ1v) is 13.2. The Balaban J connectivity index is 1.20. The summed E-state index contributed by atoms with van der Waals surface area (Å²) in [5.74, 6) is 0.305. The van der Waals surface area contributed by atoms with Crippen LogP contribution in [0.2, 0.25) is 0 Å². The number of carboxylic acid groups (broad SMARTS) is 1. The van der Waals surface area contributed by atoms with Gasteiger partial charge in [-0.2, -0.15) is 0 Å². The summed E-state index contributed by atoms with van der Waals surface area (Å²) >= 11 is 0. The molecule has 1 spiro atoms. The summed E-state index contributed by atoms with van der Waals surface area (Å²) < 4.78 is 0. The maximum Gasteiger partial charge on any atom is 0.317 e. The molecule has 0 radical (unpaired) electrons. The monoisotopic (exact) mass is 482 g/mol. The number of phenolic OH excluding ortho intramolecular Hbond substituents is 1. The summed E-state index contributed by atoms with van der Waals surface area (Å²) in [7, 11) is 0. The van der Waals surface area contributed by atoms with Crippen LogP contribution in [0.5, 0.6) is 5.75 Å². The SMILES string of the molecule is O=C(O)CN1CCC2(CC1)CN(c1ccc([C@@H]3c4ccc(O)cc4CC[C@@H]3c3ccccc3)cc1)C2. The molecule has 3 aromatic carbocycles. The third kappa shape index (κ3) is 4.37. The average Bonchev–Trinajstić information content (AvgIpc) is 2.87. The van der Waals surface area contributed by atoms with Crippen LogP contribution in [0.25, 0.3) is 0 Å². The van der Waals surface area contributed by atoms with Crippen LogP contribution in [0, 0.1) is 5.41 Å². The van der Waals surface area contributed by atoms with Crippen molar-refractivity contribution in [1.29, 1.82) is 0 Å². The first-order chi connectivity index (χ1) is 17.5. The van der Waals surface area contributed by atoms with Gasteiger partial charge >= 0.3 is 5.97 Å². The Morgan fingerprint density at radius 1 is 0.917 bits per heavy atom. The van der Waals surface area contributed by atoms with Crippen molar-refractivity contribution in [3.63, 3.8) is 0 Å². The first-order valence-electron chi connectivity index (χ1n) is 13.2. The lowest BCUT2D eigenvalue weighted by Gasteiger charge is -2.55. The summed E-state index contributed by atoms with van der Waals surface area (Å²) in [6.45, 7) is 4.05. The van der Waals surface area contributed by atoms with Crippen LogP contribution < -0.4 is 4.90 Å². The standard InChI is InChI=1S/C31H34N2O3/c34-26-11-13-28-24(18-26)8-12-27(22-4-2-1-3-5-22)30(28)23-6-9-25(10-7-23)33-20-31(21-33)14-16-32(17-15-31)19-29(35)36/h1-7,9-11,13,18,27,30,34H,8,12,14-17,19-21H2,(H,35,36)/t27-,30+/m1/s1. The normalized spacial score (nSPS) is 23.2. The quantitative estimate of drug-likeness (QED) is 0.521. The van der Waals surface area contributed by atoms with E-state index in [1.807, 2.05) is 12.1 Å². The van der Waals surface area contributed by atoms with Crippen molar-refractivity contribution in [3.05, 3.63) is 95.1 Å². The molecule has 2 saturated heterocycles. The summed E-state index contributed by atoms with van der Waals surface area (Å²) in [5, 5.41) is 19.1. The maximum absolute atomic E-state index is 11.0. The van der Waals surface area contributed by atoms with E-state index in [4.69, 9.17) is 5.11 Å². The molecule has 2 fully saturated rings. The van der Waals surface area contributed by atoms with Gasteiger partial charge in [-0.05, 0) is 91.2 Å². The van der Waals surface area contributed by atoms with Gasteiger partial charge in [0.2, 0.25) is 0 Å². The molecule has 6 rings (SSSR count). The second-order valence-electron chi connectivity index (χ2n) is 11.0. The molecule has 0 saturated carbocycles. The fourth-order valence-electron chi connectivity index (χ4n) is 6.81. The lowest BCUT2D eigenvalue weighted by molar-refractivity contribution is -0.139. The Hall–Kier alpha value is -3.31. The molecule has 0 aromatic heterocycles. The molecule has 3 aliphatic rings. The third-order valence-electron chi connectivity index (χ3n) is 8.76. The Labute approximate surface area is 213 Å². The Bertz CT molecular complexity index is 1220. The minimum atomic E-state index is -0.729. The van der Waals surface area contributed by atoms with Crippen LogP contribution in [0.3, 0.4) is 0 Å². The van der Waals surface area contributed by atoms with Crippen LogP contribution >= 0.6 is 0 Å². The van der Waals surface area contributed by atoms with Crippen LogP contribution in [-0.4, -0.2) is 53.8 Å². The fraction of sp³-hybridized carbons (Fsp3) is 0.387. The van der Waals surface area contributed by atoms with E-state index in [1.54, 1.807) is 0 Å². The van der Waals surface area contributed by atoms with Gasteiger partial charge in [-0.15, -0.1) is 0 Å². The molecule has 36 heavy (non-hydrogen) atoms. The fourth-order valence-corrected chi connectivity index (χ4v) is 6.81. The van der Waals surface area contributed by atoms with Crippen molar-refractivity contribution in [3.8, 4) is 5.75 Å². The van der Waals surface area contributed by atoms with E-state index >= 15 is 0 Å². The van der Waals surface area contributed by atoms with Gasteiger partial charge in [0.1, 0.15) is 5.75 Å². The number of hydrogen-bond acceptors (Lipinski definition) is 4. The number of hydrogen-bond donors (Lipinski definition) is 2. The zero-order valence-corrected chi connectivity index (χ0v) is 20.6. The smallest absolute Gasteiger partial charge is 0.317 e. The van der Waals surface area contributed by atoms with Crippen LogP contribution in [-0.2, 0) is 11.2 Å². The van der Waals surface area contributed by atoms with Gasteiger partial charge < -0.3 is 15.1 Å². The molecule has 0 amide bonds. The lowest BCUT2D eigenvalue weighted by atomic mass is 9.69. The van der Waals surface area contributed by atoms with Gasteiger partial charge in [0.05, 0.1) is 6.54 Å². The number of rotatable bonds is 5. The van der Waals surface area contributed by atoms with E-state index < -0.39 is 5.97 Å². The number of fused-ring (bicyclic) bond motifs is 1. The minimum Gasteiger partial charge on any atom is -0.508 e. The number of benzene rings is 3. The second kappa shape index (κ2) is 9.29. The van der Waals surface area contributed by atoms with E-state index in [-0.39, 0.29) is 12.5 Å².